The van der Waals surface area contributed by atoms with Crippen molar-refractivity contribution in [2.75, 3.05) is 0 Å². The lowest BCUT2D eigenvalue weighted by atomic mass is 9.77. The van der Waals surface area contributed by atoms with Crippen LogP contribution in [0.25, 0.3) is 0 Å². The van der Waals surface area contributed by atoms with E-state index in [1.807, 2.05) is 111 Å². The third kappa shape index (κ3) is 5.42. The van der Waals surface area contributed by atoms with Crippen LogP contribution >= 0.6 is 8.38 Å². The van der Waals surface area contributed by atoms with E-state index in [2.05, 4.69) is 34.1 Å². The molecule has 2 heterocycles. The molecule has 0 N–H and O–H groups in total. The molecule has 4 aromatic rings. The minimum atomic E-state index is -1.49. The number of para-hydroxylation sites is 2. The zero-order valence-corrected chi connectivity index (χ0v) is 28.1. The topological polar surface area (TPSA) is 59.1 Å². The van der Waals surface area contributed by atoms with Gasteiger partial charge in [0.25, 0.3) is 11.8 Å². The number of allylic oxidation sites excluding steroid dienone is 4. The summed E-state index contributed by atoms with van der Waals surface area (Å²) in [6, 6.07) is 30.4. The van der Waals surface area contributed by atoms with E-state index in [1.165, 1.54) is 0 Å². The predicted octanol–water partition coefficient (Wildman–Crippen LogP) is 9.27. The minimum absolute atomic E-state index is 0.0271. The lowest BCUT2D eigenvalue weighted by molar-refractivity contribution is -0.0531. The van der Waals surface area contributed by atoms with E-state index < -0.39 is 20.5 Å². The molecular weight excluding hydrogens is 615 g/mol. The first-order valence-corrected chi connectivity index (χ1v) is 18.2. The third-order valence-corrected chi connectivity index (χ3v) is 11.8. The minimum Gasteiger partial charge on any atom is -0.438 e. The molecule has 6 nitrogen and oxygen atoms in total. The Hall–Kier alpha value is -4.67. The number of aryl methyl sites for hydroxylation is 2. The zero-order valence-electron chi connectivity index (χ0n) is 27.2. The Labute approximate surface area is 283 Å². The molecule has 0 bridgehead atoms. The number of benzene rings is 4. The summed E-state index contributed by atoms with van der Waals surface area (Å²) in [5, 5.41) is 0. The number of carbonyl (C=O) groups excluding carboxylic acids is 2. The van der Waals surface area contributed by atoms with Crippen LogP contribution in [0, 0.1) is 13.8 Å². The second-order valence-corrected chi connectivity index (χ2v) is 14.8. The van der Waals surface area contributed by atoms with Crippen LogP contribution in [0.3, 0.4) is 0 Å². The van der Waals surface area contributed by atoms with Crippen molar-refractivity contribution < 1.29 is 18.6 Å². The van der Waals surface area contributed by atoms with Crippen molar-refractivity contribution in [3.63, 3.8) is 0 Å². The summed E-state index contributed by atoms with van der Waals surface area (Å²) in [4.78, 5) is 34.3. The summed E-state index contributed by atoms with van der Waals surface area (Å²) in [6.45, 7) is 4.07. The highest BCUT2D eigenvalue weighted by atomic mass is 31.2. The summed E-state index contributed by atoms with van der Waals surface area (Å²) in [5.41, 5.74) is 5.22. The van der Waals surface area contributed by atoms with Crippen LogP contribution in [0.2, 0.25) is 0 Å². The molecule has 2 aliphatic heterocycles. The molecule has 1 saturated heterocycles. The maximum Gasteiger partial charge on any atom is 0.301 e. The fraction of sp³-hybridized carbons (Fsp3) is 0.268. The Kier molecular flexibility index (Phi) is 8.14. The van der Waals surface area contributed by atoms with Gasteiger partial charge in [-0.15, -0.1) is 0 Å². The number of nitrogens with zero attached hydrogens (tertiary/aromatic N) is 2. The summed E-state index contributed by atoms with van der Waals surface area (Å²) >= 11 is 0. The molecule has 0 unspecified atom stereocenters. The normalized spacial score (nSPS) is 23.4. The fourth-order valence-corrected chi connectivity index (χ4v) is 9.33. The summed E-state index contributed by atoms with van der Waals surface area (Å²) in [6.07, 6.45) is 11.9. The van der Waals surface area contributed by atoms with Gasteiger partial charge in [-0.2, -0.15) is 0 Å². The van der Waals surface area contributed by atoms with Gasteiger partial charge in [-0.3, -0.25) is 9.59 Å². The summed E-state index contributed by atoms with van der Waals surface area (Å²) in [5.74, 6) is 1.30. The Balaban J connectivity index is 1.39. The van der Waals surface area contributed by atoms with Crippen molar-refractivity contribution in [2.24, 2.45) is 0 Å². The van der Waals surface area contributed by atoms with Gasteiger partial charge in [0.2, 0.25) is 0 Å². The van der Waals surface area contributed by atoms with Crippen LogP contribution in [0.1, 0.15) is 80.7 Å². The van der Waals surface area contributed by atoms with Crippen LogP contribution < -0.4 is 9.05 Å². The highest BCUT2D eigenvalue weighted by molar-refractivity contribution is 7.49. The van der Waals surface area contributed by atoms with Crippen molar-refractivity contribution in [1.82, 2.24) is 9.80 Å². The molecule has 8 rings (SSSR count). The molecular formula is C41H39N2O4P. The molecule has 4 atom stereocenters. The molecule has 242 valence electrons. The number of carbonyl (C=O) groups is 2. The molecule has 0 spiro atoms. The Morgan fingerprint density at radius 3 is 1.46 bits per heavy atom. The summed E-state index contributed by atoms with van der Waals surface area (Å²) in [7, 11) is -1.49. The lowest BCUT2D eigenvalue weighted by Gasteiger charge is -2.57. The summed E-state index contributed by atoms with van der Waals surface area (Å²) < 4.78 is 13.8. The van der Waals surface area contributed by atoms with Gasteiger partial charge in [-0.1, -0.05) is 109 Å². The Bertz CT molecular complexity index is 1770. The van der Waals surface area contributed by atoms with Gasteiger partial charge in [0.15, 0.2) is 0 Å². The van der Waals surface area contributed by atoms with Crippen molar-refractivity contribution in [3.05, 3.63) is 155 Å². The first-order valence-electron chi connectivity index (χ1n) is 16.9. The van der Waals surface area contributed by atoms with E-state index in [0.717, 1.165) is 47.9 Å². The average molecular weight is 655 g/mol. The lowest BCUT2D eigenvalue weighted by Crippen LogP contribution is -2.65. The standard InChI is InChI=1S/C41H39N2O4P/c1-27-19-23-29(24-20-27)40(44)42-34-15-7-8-16-35(34)43(41(45)30-25-21-28(2)22-26-30)39-33-14-6-10-18-37(33)47-48(31-11-3-4-12-31)46-36-17-9-5-13-32(36)38(39)42/h3-6,9-14,17-26,31,34-35,38-39H,7-8,15-16H2,1-2H3/t34-,35-,38+,39+/m0/s1. The Morgan fingerprint density at radius 1 is 0.604 bits per heavy atom. The average Bonchev–Trinajstić information content (AvgIpc) is 3.67. The predicted molar refractivity (Wildman–Crippen MR) is 189 cm³/mol. The monoisotopic (exact) mass is 654 g/mol. The second-order valence-electron chi connectivity index (χ2n) is 13.3. The van der Waals surface area contributed by atoms with E-state index in [4.69, 9.17) is 9.05 Å². The third-order valence-electron chi connectivity index (χ3n) is 10.2. The molecule has 4 aromatic carbocycles. The fourth-order valence-electron chi connectivity index (χ4n) is 7.85. The van der Waals surface area contributed by atoms with Gasteiger partial charge >= 0.3 is 8.38 Å². The smallest absolute Gasteiger partial charge is 0.301 e. The molecule has 2 fully saturated rings. The SMILES string of the molecule is Cc1ccc(C(=O)N2[C@@H]3c4ccccc4OP(C4C=CC=C4)Oc4ccccc4[C@H]3N(C(=O)c3ccc(C)cc3)[C@H]3CCCC[C@@H]32)cc1. The quantitative estimate of drug-likeness (QED) is 0.207. The molecule has 7 heteroatoms. The maximum absolute atomic E-state index is 15.0. The number of hydrogen-bond acceptors (Lipinski definition) is 4. The molecule has 1 saturated carbocycles. The van der Waals surface area contributed by atoms with E-state index in [0.29, 0.717) is 22.6 Å². The maximum atomic E-state index is 15.0. The second kappa shape index (κ2) is 12.7. The van der Waals surface area contributed by atoms with Crippen molar-refractivity contribution in [3.8, 4) is 11.5 Å². The highest BCUT2D eigenvalue weighted by Gasteiger charge is 2.54. The van der Waals surface area contributed by atoms with E-state index in [9.17, 15) is 0 Å². The molecule has 2 aliphatic carbocycles. The number of fused-ring (bicyclic) bond motifs is 6. The first-order chi connectivity index (χ1) is 23.5. The number of rotatable bonds is 3. The first kappa shape index (κ1) is 30.7. The zero-order chi connectivity index (χ0) is 32.8. The van der Waals surface area contributed by atoms with Gasteiger partial charge in [0.05, 0.1) is 29.8 Å². The van der Waals surface area contributed by atoms with Crippen molar-refractivity contribution >= 4 is 20.2 Å². The Morgan fingerprint density at radius 2 is 1.02 bits per heavy atom. The number of hydrogen-bond donors (Lipinski definition) is 0. The van der Waals surface area contributed by atoms with Crippen LogP contribution in [0.4, 0.5) is 0 Å². The molecule has 0 aromatic heterocycles. The molecule has 4 aliphatic rings. The molecule has 2 amide bonds. The van der Waals surface area contributed by atoms with Crippen LogP contribution in [-0.4, -0.2) is 39.4 Å². The van der Waals surface area contributed by atoms with Gasteiger partial charge < -0.3 is 18.8 Å². The van der Waals surface area contributed by atoms with E-state index in [-0.39, 0.29) is 29.6 Å². The van der Waals surface area contributed by atoms with E-state index in [1.54, 1.807) is 0 Å². The molecule has 48 heavy (non-hydrogen) atoms. The number of piperazine rings is 1. The van der Waals surface area contributed by atoms with Gasteiger partial charge in [0, 0.05) is 22.3 Å². The largest absolute Gasteiger partial charge is 0.438 e. The number of amides is 2. The van der Waals surface area contributed by atoms with Crippen LogP contribution in [-0.2, 0) is 0 Å². The van der Waals surface area contributed by atoms with Gasteiger partial charge in [-0.25, -0.2) is 0 Å². The van der Waals surface area contributed by atoms with Gasteiger partial charge in [0.1, 0.15) is 11.5 Å². The molecule has 0 radical (unpaired) electrons. The van der Waals surface area contributed by atoms with Crippen LogP contribution in [0.5, 0.6) is 11.5 Å². The van der Waals surface area contributed by atoms with Gasteiger partial charge in [-0.05, 0) is 63.1 Å². The van der Waals surface area contributed by atoms with Crippen molar-refractivity contribution in [2.45, 2.75) is 69.4 Å². The van der Waals surface area contributed by atoms with Crippen molar-refractivity contribution in [1.29, 1.82) is 0 Å². The van der Waals surface area contributed by atoms with Crippen LogP contribution in [0.15, 0.2) is 121 Å². The van der Waals surface area contributed by atoms with E-state index >= 15 is 9.59 Å². The highest BCUT2D eigenvalue weighted by Crippen LogP contribution is 2.58.